The van der Waals surface area contributed by atoms with E-state index in [2.05, 4.69) is 11.3 Å². The minimum absolute atomic E-state index is 0.0665. The number of halogens is 1. The molecule has 0 saturated carbocycles. The van der Waals surface area contributed by atoms with Crippen LogP contribution >= 0.6 is 0 Å². The number of carbonyl (C=O) groups is 1. The van der Waals surface area contributed by atoms with Gasteiger partial charge in [0.25, 0.3) is 0 Å². The Morgan fingerprint density at radius 3 is 2.72 bits per heavy atom. The zero-order valence-corrected chi connectivity index (χ0v) is 10.7. The monoisotopic (exact) mass is 252 g/mol. The lowest BCUT2D eigenvalue weighted by atomic mass is 10.1. The number of ether oxygens (including phenoxy) is 2. The molecule has 1 rings (SSSR count). The van der Waals surface area contributed by atoms with E-state index in [1.54, 1.807) is 6.07 Å². The van der Waals surface area contributed by atoms with E-state index in [-0.39, 0.29) is 5.56 Å². The van der Waals surface area contributed by atoms with Crippen LogP contribution in [-0.4, -0.2) is 19.7 Å². The van der Waals surface area contributed by atoms with E-state index in [9.17, 15) is 9.18 Å². The zero-order valence-electron chi connectivity index (χ0n) is 10.7. The highest BCUT2D eigenvalue weighted by molar-refractivity contribution is 5.89. The lowest BCUT2D eigenvalue weighted by Crippen LogP contribution is -2.05. The van der Waals surface area contributed by atoms with Crippen molar-refractivity contribution in [3.63, 3.8) is 0 Å². The van der Waals surface area contributed by atoms with Gasteiger partial charge in [-0.1, -0.05) is 11.6 Å². The molecule has 0 N–H and O–H groups in total. The minimum Gasteiger partial charge on any atom is -0.465 e. The summed E-state index contributed by atoms with van der Waals surface area (Å²) in [5.74, 6) is -1.27. The molecule has 0 fully saturated rings. The van der Waals surface area contributed by atoms with E-state index in [1.807, 2.05) is 6.92 Å². The number of methoxy groups -OCH3 is 1. The molecule has 0 aliphatic rings. The molecule has 0 aromatic heterocycles. The van der Waals surface area contributed by atoms with Gasteiger partial charge in [-0.15, -0.1) is 6.58 Å². The van der Waals surface area contributed by atoms with Crippen molar-refractivity contribution >= 4 is 5.97 Å². The number of rotatable bonds is 6. The first-order valence-corrected chi connectivity index (χ1v) is 5.63. The maximum Gasteiger partial charge on any atom is 0.340 e. The third-order valence-corrected chi connectivity index (χ3v) is 2.38. The summed E-state index contributed by atoms with van der Waals surface area (Å²) in [6.07, 6.45) is 0.780. The Hall–Kier alpha value is -1.68. The van der Waals surface area contributed by atoms with Gasteiger partial charge in [-0.25, -0.2) is 9.18 Å². The highest BCUT2D eigenvalue weighted by Gasteiger charge is 2.12. The highest BCUT2D eigenvalue weighted by atomic mass is 19.1. The molecule has 0 heterocycles. The van der Waals surface area contributed by atoms with Gasteiger partial charge < -0.3 is 9.47 Å². The fourth-order valence-corrected chi connectivity index (χ4v) is 1.36. The van der Waals surface area contributed by atoms with E-state index in [0.29, 0.717) is 18.8 Å². The minimum atomic E-state index is -0.678. The van der Waals surface area contributed by atoms with Gasteiger partial charge >= 0.3 is 5.97 Å². The van der Waals surface area contributed by atoms with Crippen molar-refractivity contribution in [1.82, 2.24) is 0 Å². The zero-order chi connectivity index (χ0) is 13.5. The third-order valence-electron chi connectivity index (χ3n) is 2.38. The summed E-state index contributed by atoms with van der Waals surface area (Å²) >= 11 is 0. The fourth-order valence-electron chi connectivity index (χ4n) is 1.36. The standard InChI is InChI=1S/C14H17FO3/c1-10(2)6-7-18-9-11-4-5-12(13(15)8-11)14(16)17-3/h4-5,8H,1,6-7,9H2,2-3H3. The molecule has 98 valence electrons. The molecule has 0 unspecified atom stereocenters. The first kappa shape index (κ1) is 14.4. The molecule has 0 bridgehead atoms. The quantitative estimate of drug-likeness (QED) is 0.443. The van der Waals surface area contributed by atoms with Crippen LogP contribution < -0.4 is 0 Å². The molecule has 0 atom stereocenters. The molecule has 1 aromatic rings. The molecule has 0 aliphatic carbocycles. The summed E-state index contributed by atoms with van der Waals surface area (Å²) in [4.78, 5) is 11.2. The Morgan fingerprint density at radius 2 is 2.17 bits per heavy atom. The predicted octanol–water partition coefficient (Wildman–Crippen LogP) is 3.10. The van der Waals surface area contributed by atoms with E-state index < -0.39 is 11.8 Å². The Bertz CT molecular complexity index is 441. The van der Waals surface area contributed by atoms with Crippen LogP contribution in [0.5, 0.6) is 0 Å². The molecule has 0 saturated heterocycles. The van der Waals surface area contributed by atoms with Gasteiger partial charge in [0.15, 0.2) is 0 Å². The van der Waals surface area contributed by atoms with Crippen molar-refractivity contribution < 1.29 is 18.7 Å². The van der Waals surface area contributed by atoms with Gasteiger partial charge in [-0.2, -0.15) is 0 Å². The van der Waals surface area contributed by atoms with Crippen LogP contribution in [-0.2, 0) is 16.1 Å². The Balaban J connectivity index is 2.56. The molecule has 3 nitrogen and oxygen atoms in total. The first-order valence-electron chi connectivity index (χ1n) is 5.63. The first-order chi connectivity index (χ1) is 8.54. The molecule has 4 heteroatoms. The summed E-state index contributed by atoms with van der Waals surface area (Å²) in [7, 11) is 1.22. The number of benzene rings is 1. The normalized spacial score (nSPS) is 10.2. The number of hydrogen-bond acceptors (Lipinski definition) is 3. The Labute approximate surface area is 106 Å². The van der Waals surface area contributed by atoms with Crippen molar-refractivity contribution in [3.8, 4) is 0 Å². The SMILES string of the molecule is C=C(C)CCOCc1ccc(C(=O)OC)c(F)c1. The van der Waals surface area contributed by atoms with E-state index >= 15 is 0 Å². The molecule has 0 spiro atoms. The molecule has 1 aromatic carbocycles. The van der Waals surface area contributed by atoms with Gasteiger partial charge in [0.2, 0.25) is 0 Å². The van der Waals surface area contributed by atoms with Gasteiger partial charge in [-0.3, -0.25) is 0 Å². The van der Waals surface area contributed by atoms with Crippen LogP contribution in [0.2, 0.25) is 0 Å². The third kappa shape index (κ3) is 4.30. The topological polar surface area (TPSA) is 35.5 Å². The lowest BCUT2D eigenvalue weighted by molar-refractivity contribution is 0.0595. The average Bonchev–Trinajstić information content (AvgIpc) is 2.33. The van der Waals surface area contributed by atoms with Crippen molar-refractivity contribution in [2.45, 2.75) is 20.0 Å². The molecular weight excluding hydrogens is 235 g/mol. The maximum atomic E-state index is 13.6. The second-order valence-corrected chi connectivity index (χ2v) is 4.07. The van der Waals surface area contributed by atoms with Crippen molar-refractivity contribution in [2.75, 3.05) is 13.7 Å². The van der Waals surface area contributed by atoms with Crippen LogP contribution in [0.4, 0.5) is 4.39 Å². The van der Waals surface area contributed by atoms with E-state index in [4.69, 9.17) is 4.74 Å². The van der Waals surface area contributed by atoms with Crippen LogP contribution in [0.1, 0.15) is 29.3 Å². The van der Waals surface area contributed by atoms with Crippen molar-refractivity contribution in [3.05, 3.63) is 47.3 Å². The summed E-state index contributed by atoms with van der Waals surface area (Å²) in [6, 6.07) is 4.34. The van der Waals surface area contributed by atoms with E-state index in [1.165, 1.54) is 19.2 Å². The summed E-state index contributed by atoms with van der Waals surface area (Å²) in [5, 5.41) is 0. The van der Waals surface area contributed by atoms with Gasteiger partial charge in [0.1, 0.15) is 5.82 Å². The molecule has 18 heavy (non-hydrogen) atoms. The summed E-state index contributed by atoms with van der Waals surface area (Å²) in [6.45, 7) is 6.55. The van der Waals surface area contributed by atoms with Gasteiger partial charge in [-0.05, 0) is 31.0 Å². The molecule has 0 aliphatic heterocycles. The molecular formula is C14H17FO3. The Kier molecular flexibility index (Phi) is 5.52. The van der Waals surface area contributed by atoms with Crippen LogP contribution in [0.3, 0.4) is 0 Å². The second kappa shape index (κ2) is 6.91. The summed E-state index contributed by atoms with van der Waals surface area (Å²) < 4.78 is 23.4. The van der Waals surface area contributed by atoms with E-state index in [0.717, 1.165) is 12.0 Å². The smallest absolute Gasteiger partial charge is 0.340 e. The number of hydrogen-bond donors (Lipinski definition) is 0. The van der Waals surface area contributed by atoms with Gasteiger partial charge in [0, 0.05) is 0 Å². The average molecular weight is 252 g/mol. The van der Waals surface area contributed by atoms with Crippen LogP contribution in [0, 0.1) is 5.82 Å². The molecule has 0 radical (unpaired) electrons. The van der Waals surface area contributed by atoms with Crippen LogP contribution in [0.15, 0.2) is 30.4 Å². The lowest BCUT2D eigenvalue weighted by Gasteiger charge is -2.06. The Morgan fingerprint density at radius 1 is 1.44 bits per heavy atom. The second-order valence-electron chi connectivity index (χ2n) is 4.07. The highest BCUT2D eigenvalue weighted by Crippen LogP contribution is 2.12. The van der Waals surface area contributed by atoms with Crippen molar-refractivity contribution in [1.29, 1.82) is 0 Å². The van der Waals surface area contributed by atoms with Gasteiger partial charge in [0.05, 0.1) is 25.9 Å². The van der Waals surface area contributed by atoms with Crippen LogP contribution in [0.25, 0.3) is 0 Å². The predicted molar refractivity (Wildman–Crippen MR) is 66.8 cm³/mol. The fraction of sp³-hybridized carbons (Fsp3) is 0.357. The number of carbonyl (C=O) groups excluding carboxylic acids is 1. The van der Waals surface area contributed by atoms with Crippen molar-refractivity contribution in [2.24, 2.45) is 0 Å². The molecule has 0 amide bonds. The maximum absolute atomic E-state index is 13.6. The summed E-state index contributed by atoms with van der Waals surface area (Å²) in [5.41, 5.74) is 1.66. The largest absolute Gasteiger partial charge is 0.465 e. The number of esters is 1.